The van der Waals surface area contributed by atoms with E-state index in [9.17, 15) is 13.8 Å². The normalized spacial score (nSPS) is 11.7. The van der Waals surface area contributed by atoms with Gasteiger partial charge in [-0.2, -0.15) is 0 Å². The quantitative estimate of drug-likeness (QED) is 0.679. The third-order valence-electron chi connectivity index (χ3n) is 2.78. The fourth-order valence-corrected chi connectivity index (χ4v) is 2.22. The number of aliphatic carboxylic acids is 1. The largest absolute Gasteiger partial charge is 0.481 e. The van der Waals surface area contributed by atoms with Crippen LogP contribution in [0.25, 0.3) is 0 Å². The van der Waals surface area contributed by atoms with E-state index in [1.165, 1.54) is 0 Å². The summed E-state index contributed by atoms with van der Waals surface area (Å²) in [6, 6.07) is 6.67. The molecule has 21 heavy (non-hydrogen) atoms. The molecule has 1 atom stereocenters. The fraction of sp³-hybridized carbons (Fsp3) is 0.429. The Labute approximate surface area is 126 Å². The van der Waals surface area contributed by atoms with E-state index in [4.69, 9.17) is 5.11 Å². The van der Waals surface area contributed by atoms with Crippen LogP contribution in [-0.2, 0) is 22.0 Å². The Balaban J connectivity index is 2.35. The van der Waals surface area contributed by atoms with Crippen LogP contribution >= 0.6 is 0 Å². The Morgan fingerprint density at radius 3 is 2.48 bits per heavy atom. The van der Waals surface area contributed by atoms with Crippen molar-refractivity contribution in [3.63, 3.8) is 0 Å². The molecule has 6 nitrogen and oxygen atoms in total. The van der Waals surface area contributed by atoms with Crippen LogP contribution in [0.3, 0.4) is 0 Å². The summed E-state index contributed by atoms with van der Waals surface area (Å²) in [5, 5.41) is 13.9. The summed E-state index contributed by atoms with van der Waals surface area (Å²) in [5.41, 5.74) is 1.53. The topological polar surface area (TPSA) is 95.5 Å². The van der Waals surface area contributed by atoms with Crippen molar-refractivity contribution in [1.82, 2.24) is 5.32 Å². The first kappa shape index (κ1) is 17.2. The molecule has 2 amide bonds. The highest BCUT2D eigenvalue weighted by Gasteiger charge is 2.03. The van der Waals surface area contributed by atoms with Gasteiger partial charge in [-0.3, -0.25) is 9.00 Å². The highest BCUT2D eigenvalue weighted by Crippen LogP contribution is 2.10. The van der Waals surface area contributed by atoms with Gasteiger partial charge in [0.1, 0.15) is 0 Å². The summed E-state index contributed by atoms with van der Waals surface area (Å²) < 4.78 is 11.2. The molecule has 0 aliphatic rings. The van der Waals surface area contributed by atoms with Crippen LogP contribution in [0.2, 0.25) is 0 Å². The van der Waals surface area contributed by atoms with E-state index in [2.05, 4.69) is 10.6 Å². The molecule has 0 aromatic heterocycles. The summed E-state index contributed by atoms with van der Waals surface area (Å²) in [4.78, 5) is 22.1. The zero-order valence-corrected chi connectivity index (χ0v) is 12.7. The molecule has 0 aliphatic heterocycles. The molecular weight excluding hydrogens is 292 g/mol. The Bertz CT molecular complexity index is 502. The highest BCUT2D eigenvalue weighted by molar-refractivity contribution is 7.84. The molecule has 3 N–H and O–H groups in total. The van der Waals surface area contributed by atoms with Crippen molar-refractivity contribution in [1.29, 1.82) is 0 Å². The molecule has 1 rings (SSSR count). The summed E-state index contributed by atoms with van der Waals surface area (Å²) in [6.07, 6.45) is 0.548. The molecule has 0 bridgehead atoms. The molecule has 7 heteroatoms. The minimum atomic E-state index is -0.890. The molecule has 0 aliphatic carbocycles. The van der Waals surface area contributed by atoms with E-state index >= 15 is 0 Å². The summed E-state index contributed by atoms with van der Waals surface area (Å²) >= 11 is 0. The Hall–Kier alpha value is -1.89. The second kappa shape index (κ2) is 9.12. The van der Waals surface area contributed by atoms with E-state index in [1.54, 1.807) is 24.3 Å². The number of carboxylic acid groups (broad SMARTS) is 1. The fourth-order valence-electron chi connectivity index (χ4n) is 1.60. The van der Waals surface area contributed by atoms with Crippen LogP contribution in [0.1, 0.15) is 18.9 Å². The van der Waals surface area contributed by atoms with Crippen LogP contribution in [0.4, 0.5) is 10.5 Å². The SMILES string of the molecule is CCS(=O)CCNC(=O)Nc1ccc(CCC(=O)O)cc1. The average molecular weight is 312 g/mol. The predicted molar refractivity (Wildman–Crippen MR) is 83.0 cm³/mol. The highest BCUT2D eigenvalue weighted by atomic mass is 32.2. The van der Waals surface area contributed by atoms with Crippen LogP contribution in [0.15, 0.2) is 24.3 Å². The number of carbonyl (C=O) groups is 2. The lowest BCUT2D eigenvalue weighted by atomic mass is 10.1. The van der Waals surface area contributed by atoms with Crippen LogP contribution in [-0.4, -0.2) is 39.4 Å². The minimum absolute atomic E-state index is 0.0851. The molecule has 0 saturated heterocycles. The number of nitrogens with one attached hydrogen (secondary N) is 2. The predicted octanol–water partition coefficient (Wildman–Crippen LogP) is 1.59. The third kappa shape index (κ3) is 7.45. The maximum Gasteiger partial charge on any atom is 0.319 e. The molecule has 1 aromatic carbocycles. The minimum Gasteiger partial charge on any atom is -0.481 e. The first-order valence-electron chi connectivity index (χ1n) is 6.72. The zero-order chi connectivity index (χ0) is 15.7. The van der Waals surface area contributed by atoms with Gasteiger partial charge in [0.25, 0.3) is 0 Å². The number of hydrogen-bond acceptors (Lipinski definition) is 3. The van der Waals surface area contributed by atoms with Gasteiger partial charge in [0.15, 0.2) is 0 Å². The van der Waals surface area contributed by atoms with Crippen molar-refractivity contribution in [2.45, 2.75) is 19.8 Å². The molecule has 1 aromatic rings. The summed E-state index contributed by atoms with van der Waals surface area (Å²) in [5.74, 6) is 0.195. The number of carboxylic acids is 1. The maximum absolute atomic E-state index is 11.6. The third-order valence-corrected chi connectivity index (χ3v) is 4.08. The monoisotopic (exact) mass is 312 g/mol. The number of amides is 2. The van der Waals surface area contributed by atoms with Crippen LogP contribution < -0.4 is 10.6 Å². The zero-order valence-electron chi connectivity index (χ0n) is 11.9. The van der Waals surface area contributed by atoms with Crippen LogP contribution in [0, 0.1) is 0 Å². The van der Waals surface area contributed by atoms with Crippen molar-refractivity contribution >= 4 is 28.5 Å². The second-order valence-corrected chi connectivity index (χ2v) is 6.27. The molecule has 0 heterocycles. The second-order valence-electron chi connectivity index (χ2n) is 4.40. The maximum atomic E-state index is 11.6. The van der Waals surface area contributed by atoms with Crippen LogP contribution in [0.5, 0.6) is 0 Å². The number of benzene rings is 1. The number of anilines is 1. The number of urea groups is 1. The molecule has 0 saturated carbocycles. The van der Waals surface area contributed by atoms with Gasteiger partial charge in [0, 0.05) is 41.0 Å². The Morgan fingerprint density at radius 1 is 1.24 bits per heavy atom. The number of aryl methyl sites for hydroxylation is 1. The van der Waals surface area contributed by atoms with Gasteiger partial charge in [-0.25, -0.2) is 4.79 Å². The first-order valence-corrected chi connectivity index (χ1v) is 8.20. The standard InChI is InChI=1S/C14H20N2O4S/c1-2-21(20)10-9-15-14(19)16-12-6-3-11(4-7-12)5-8-13(17)18/h3-4,6-7H,2,5,8-10H2,1H3,(H,17,18)(H2,15,16,19). The van der Waals surface area contributed by atoms with E-state index in [0.717, 1.165) is 5.56 Å². The number of carbonyl (C=O) groups excluding carboxylic acids is 1. The van der Waals surface area contributed by atoms with E-state index in [-0.39, 0.29) is 12.5 Å². The van der Waals surface area contributed by atoms with Gasteiger partial charge in [0.2, 0.25) is 0 Å². The van der Waals surface area contributed by atoms with E-state index in [0.29, 0.717) is 30.2 Å². The average Bonchev–Trinajstić information content (AvgIpc) is 2.46. The van der Waals surface area contributed by atoms with Gasteiger partial charge < -0.3 is 15.7 Å². The lowest BCUT2D eigenvalue weighted by molar-refractivity contribution is -0.136. The van der Waals surface area contributed by atoms with Crippen molar-refractivity contribution in [3.05, 3.63) is 29.8 Å². The van der Waals surface area contributed by atoms with Gasteiger partial charge >= 0.3 is 12.0 Å². The van der Waals surface area contributed by atoms with Crippen molar-refractivity contribution in [2.75, 3.05) is 23.4 Å². The smallest absolute Gasteiger partial charge is 0.319 e. The van der Waals surface area contributed by atoms with Gasteiger partial charge in [-0.15, -0.1) is 0 Å². The van der Waals surface area contributed by atoms with Gasteiger partial charge in [-0.05, 0) is 24.1 Å². The molecule has 0 spiro atoms. The van der Waals surface area contributed by atoms with Crippen molar-refractivity contribution in [2.24, 2.45) is 0 Å². The number of rotatable bonds is 8. The summed E-state index contributed by atoms with van der Waals surface area (Å²) in [6.45, 7) is 2.20. The van der Waals surface area contributed by atoms with Gasteiger partial charge in [0.05, 0.1) is 0 Å². The summed E-state index contributed by atoms with van der Waals surface area (Å²) in [7, 11) is -0.890. The molecular formula is C14H20N2O4S. The van der Waals surface area contributed by atoms with Crippen molar-refractivity contribution < 1.29 is 18.9 Å². The lowest BCUT2D eigenvalue weighted by Crippen LogP contribution is -2.32. The lowest BCUT2D eigenvalue weighted by Gasteiger charge is -2.08. The number of hydrogen-bond donors (Lipinski definition) is 3. The first-order chi connectivity index (χ1) is 10.0. The van der Waals surface area contributed by atoms with Crippen molar-refractivity contribution in [3.8, 4) is 0 Å². The molecule has 0 fully saturated rings. The Kier molecular flexibility index (Phi) is 7.45. The molecule has 116 valence electrons. The Morgan fingerprint density at radius 2 is 1.90 bits per heavy atom. The van der Waals surface area contributed by atoms with E-state index in [1.807, 2.05) is 6.92 Å². The van der Waals surface area contributed by atoms with Gasteiger partial charge in [-0.1, -0.05) is 19.1 Å². The molecule has 1 unspecified atom stereocenters. The van der Waals surface area contributed by atoms with E-state index < -0.39 is 16.8 Å². The molecule has 0 radical (unpaired) electrons.